The molecule has 2 N–H and O–H groups in total. The number of fused-ring (bicyclic) bond motifs is 1. The Morgan fingerprint density at radius 3 is 2.95 bits per heavy atom. The van der Waals surface area contributed by atoms with Gasteiger partial charge in [-0.2, -0.15) is 0 Å². The van der Waals surface area contributed by atoms with E-state index in [1.165, 1.54) is 11.3 Å². The van der Waals surface area contributed by atoms with E-state index in [1.807, 2.05) is 6.92 Å². The van der Waals surface area contributed by atoms with Crippen LogP contribution in [0.2, 0.25) is 0 Å². The third-order valence-electron chi connectivity index (χ3n) is 3.26. The van der Waals surface area contributed by atoms with E-state index in [4.69, 9.17) is 4.74 Å². The van der Waals surface area contributed by atoms with Crippen molar-refractivity contribution < 1.29 is 14.3 Å². The van der Waals surface area contributed by atoms with Crippen molar-refractivity contribution in [1.82, 2.24) is 10.3 Å². The summed E-state index contributed by atoms with van der Waals surface area (Å²) in [7, 11) is 0. The zero-order chi connectivity index (χ0) is 15.2. The van der Waals surface area contributed by atoms with Crippen molar-refractivity contribution in [2.75, 3.05) is 25.0 Å². The van der Waals surface area contributed by atoms with Crippen molar-refractivity contribution >= 4 is 28.3 Å². The first kappa shape index (κ1) is 15.8. The van der Waals surface area contributed by atoms with E-state index in [9.17, 15) is 9.59 Å². The fourth-order valence-electron chi connectivity index (χ4n) is 2.26. The van der Waals surface area contributed by atoms with Crippen LogP contribution in [0.3, 0.4) is 0 Å². The molecule has 0 saturated carbocycles. The minimum absolute atomic E-state index is 0.0471. The zero-order valence-corrected chi connectivity index (χ0v) is 13.2. The number of aryl methyl sites for hydroxylation is 1. The lowest BCUT2D eigenvalue weighted by molar-refractivity contribution is -0.145. The number of ether oxygens (including phenoxy) is 1. The molecule has 1 aromatic heterocycles. The number of aromatic nitrogens is 1. The number of carbonyl (C=O) groups is 2. The van der Waals surface area contributed by atoms with E-state index >= 15 is 0 Å². The Hall–Kier alpha value is -1.63. The molecule has 1 aromatic rings. The standard InChI is InChI=1S/C14H21N3O3S/c1-3-7-15-11(18)8-16-14-17-12-9(13(19)20-4-2)5-6-10(12)21-14/h9H,3-8H2,1-2H3,(H,15,18)(H,16,17). The fourth-order valence-corrected chi connectivity index (χ4v) is 3.29. The highest BCUT2D eigenvalue weighted by Gasteiger charge is 2.33. The maximum Gasteiger partial charge on any atom is 0.315 e. The molecule has 6 nitrogen and oxygen atoms in total. The molecule has 0 radical (unpaired) electrons. The van der Waals surface area contributed by atoms with Gasteiger partial charge in [0.25, 0.3) is 0 Å². The number of nitrogens with one attached hydrogen (secondary N) is 2. The van der Waals surface area contributed by atoms with Gasteiger partial charge in [0, 0.05) is 11.4 Å². The first-order chi connectivity index (χ1) is 10.2. The van der Waals surface area contributed by atoms with Crippen LogP contribution >= 0.6 is 11.3 Å². The smallest absolute Gasteiger partial charge is 0.315 e. The van der Waals surface area contributed by atoms with Gasteiger partial charge in [-0.05, 0) is 26.2 Å². The lowest BCUT2D eigenvalue weighted by atomic mass is 10.1. The molecule has 0 saturated heterocycles. The molecule has 0 aliphatic heterocycles. The summed E-state index contributed by atoms with van der Waals surface area (Å²) in [6.45, 7) is 5.08. The molecule has 2 rings (SSSR count). The van der Waals surface area contributed by atoms with E-state index in [1.54, 1.807) is 6.92 Å². The van der Waals surface area contributed by atoms with E-state index < -0.39 is 0 Å². The summed E-state index contributed by atoms with van der Waals surface area (Å²) in [6, 6.07) is 0. The van der Waals surface area contributed by atoms with E-state index in [-0.39, 0.29) is 24.3 Å². The Bertz CT molecular complexity index is 516. The lowest BCUT2D eigenvalue weighted by Crippen LogP contribution is -2.30. The number of carbonyl (C=O) groups excluding carboxylic acids is 2. The average molecular weight is 311 g/mol. The first-order valence-corrected chi connectivity index (χ1v) is 8.14. The van der Waals surface area contributed by atoms with Crippen molar-refractivity contribution in [2.45, 2.75) is 39.0 Å². The van der Waals surface area contributed by atoms with Crippen LogP contribution in [-0.2, 0) is 20.7 Å². The largest absolute Gasteiger partial charge is 0.465 e. The predicted octanol–water partition coefficient (Wildman–Crippen LogP) is 1.67. The highest BCUT2D eigenvalue weighted by molar-refractivity contribution is 7.15. The molecule has 0 spiro atoms. The quantitative estimate of drug-likeness (QED) is 0.749. The molecular formula is C14H21N3O3S. The van der Waals surface area contributed by atoms with Crippen LogP contribution in [0.15, 0.2) is 0 Å². The predicted molar refractivity (Wildman–Crippen MR) is 81.6 cm³/mol. The summed E-state index contributed by atoms with van der Waals surface area (Å²) < 4.78 is 5.08. The highest BCUT2D eigenvalue weighted by atomic mass is 32.1. The van der Waals surface area contributed by atoms with Gasteiger partial charge < -0.3 is 15.4 Å². The third-order valence-corrected chi connectivity index (χ3v) is 4.35. The van der Waals surface area contributed by atoms with Crippen LogP contribution in [0.1, 0.15) is 43.2 Å². The van der Waals surface area contributed by atoms with E-state index in [2.05, 4.69) is 15.6 Å². The second-order valence-corrected chi connectivity index (χ2v) is 5.96. The molecule has 1 aliphatic rings. The van der Waals surface area contributed by atoms with E-state index in [0.29, 0.717) is 18.3 Å². The molecule has 0 bridgehead atoms. The zero-order valence-electron chi connectivity index (χ0n) is 12.4. The van der Waals surface area contributed by atoms with Gasteiger partial charge in [0.2, 0.25) is 5.91 Å². The van der Waals surface area contributed by atoms with Crippen LogP contribution in [0.5, 0.6) is 0 Å². The molecule has 7 heteroatoms. The van der Waals surface area contributed by atoms with Gasteiger partial charge in [-0.15, -0.1) is 11.3 Å². The molecule has 1 amide bonds. The number of esters is 1. The Kier molecular flexibility index (Phi) is 5.55. The van der Waals surface area contributed by atoms with Crippen LogP contribution in [0.4, 0.5) is 5.13 Å². The third kappa shape index (κ3) is 3.93. The summed E-state index contributed by atoms with van der Waals surface area (Å²) in [6.07, 6.45) is 2.53. The monoisotopic (exact) mass is 311 g/mol. The molecular weight excluding hydrogens is 290 g/mol. The van der Waals surface area contributed by atoms with Crippen LogP contribution in [0.25, 0.3) is 0 Å². The molecule has 0 aromatic carbocycles. The second-order valence-electron chi connectivity index (χ2n) is 4.87. The molecule has 0 fully saturated rings. The van der Waals surface area contributed by atoms with Crippen LogP contribution < -0.4 is 10.6 Å². The van der Waals surface area contributed by atoms with Crippen LogP contribution in [0, 0.1) is 0 Å². The Balaban J connectivity index is 1.92. The maximum atomic E-state index is 11.9. The number of anilines is 1. The summed E-state index contributed by atoms with van der Waals surface area (Å²) in [4.78, 5) is 29.0. The maximum absolute atomic E-state index is 11.9. The summed E-state index contributed by atoms with van der Waals surface area (Å²) in [5.41, 5.74) is 0.815. The second kappa shape index (κ2) is 7.40. The summed E-state index contributed by atoms with van der Waals surface area (Å²) >= 11 is 1.52. The van der Waals surface area contributed by atoms with Crippen molar-refractivity contribution in [3.8, 4) is 0 Å². The van der Waals surface area contributed by atoms with Gasteiger partial charge in [0.15, 0.2) is 5.13 Å². The van der Waals surface area contributed by atoms with Crippen molar-refractivity contribution in [1.29, 1.82) is 0 Å². The summed E-state index contributed by atoms with van der Waals surface area (Å²) in [5.74, 6) is -0.497. The number of hydrogen-bond donors (Lipinski definition) is 2. The lowest BCUT2D eigenvalue weighted by Gasteiger charge is -2.08. The van der Waals surface area contributed by atoms with Crippen molar-refractivity contribution in [3.63, 3.8) is 0 Å². The van der Waals surface area contributed by atoms with Crippen LogP contribution in [-0.4, -0.2) is 36.6 Å². The minimum Gasteiger partial charge on any atom is -0.465 e. The Morgan fingerprint density at radius 2 is 2.24 bits per heavy atom. The Morgan fingerprint density at radius 1 is 1.43 bits per heavy atom. The fraction of sp³-hybridized carbons (Fsp3) is 0.643. The van der Waals surface area contributed by atoms with Crippen molar-refractivity contribution in [3.05, 3.63) is 10.6 Å². The Labute approximate surface area is 128 Å². The first-order valence-electron chi connectivity index (χ1n) is 7.32. The molecule has 1 heterocycles. The number of hydrogen-bond acceptors (Lipinski definition) is 6. The normalized spacial score (nSPS) is 16.4. The molecule has 1 aliphatic carbocycles. The number of thiazole rings is 1. The number of rotatable bonds is 7. The number of nitrogens with zero attached hydrogens (tertiary/aromatic N) is 1. The van der Waals surface area contributed by atoms with Gasteiger partial charge in [-0.1, -0.05) is 6.92 Å². The van der Waals surface area contributed by atoms with Gasteiger partial charge in [0.1, 0.15) is 5.92 Å². The van der Waals surface area contributed by atoms with Gasteiger partial charge >= 0.3 is 5.97 Å². The topological polar surface area (TPSA) is 80.3 Å². The van der Waals surface area contributed by atoms with Gasteiger partial charge in [0.05, 0.1) is 18.8 Å². The highest BCUT2D eigenvalue weighted by Crippen LogP contribution is 2.38. The van der Waals surface area contributed by atoms with Crippen molar-refractivity contribution in [2.24, 2.45) is 0 Å². The minimum atomic E-state index is -0.249. The number of amides is 1. The average Bonchev–Trinajstić information content (AvgIpc) is 3.02. The molecule has 116 valence electrons. The SMILES string of the molecule is CCCNC(=O)CNc1nc2c(s1)CCC2C(=O)OCC. The van der Waals surface area contributed by atoms with Gasteiger partial charge in [-0.3, -0.25) is 9.59 Å². The molecule has 21 heavy (non-hydrogen) atoms. The summed E-state index contributed by atoms with van der Waals surface area (Å²) in [5, 5.41) is 6.51. The van der Waals surface area contributed by atoms with E-state index in [0.717, 1.165) is 29.8 Å². The van der Waals surface area contributed by atoms with Gasteiger partial charge in [-0.25, -0.2) is 4.98 Å². The molecule has 1 atom stereocenters. The molecule has 1 unspecified atom stereocenters.